The third-order valence-electron chi connectivity index (χ3n) is 5.57. The van der Waals surface area contributed by atoms with Crippen molar-refractivity contribution in [2.45, 2.75) is 65.1 Å². The number of nitrogens with one attached hydrogen (secondary N) is 1. The number of likely N-dealkylation sites (tertiary alicyclic amines) is 1. The van der Waals surface area contributed by atoms with E-state index in [2.05, 4.69) is 11.9 Å². The van der Waals surface area contributed by atoms with Gasteiger partial charge in [0.15, 0.2) is 5.78 Å². The third kappa shape index (κ3) is 3.64. The van der Waals surface area contributed by atoms with E-state index in [-0.39, 0.29) is 34.8 Å². The molecule has 1 saturated carbocycles. The van der Waals surface area contributed by atoms with E-state index in [4.69, 9.17) is 5.73 Å². The minimum Gasteiger partial charge on any atom is -0.341 e. The standard InChI is InChI=1S/C19H31N3O3/c1-7-13-9-19(13,12(3)23)21-16(24)14-8-11(2)10-22(14)17(25)15(20)18(4,5)6/h7,11,13-15H,1,8-10,20H2,2-6H3,(H,21,24)/t11-,13?,14+,15-,19+/m1/s1. The van der Waals surface area contributed by atoms with Crippen LogP contribution in [0.15, 0.2) is 12.7 Å². The monoisotopic (exact) mass is 349 g/mol. The smallest absolute Gasteiger partial charge is 0.243 e. The van der Waals surface area contributed by atoms with Crippen LogP contribution in [0.2, 0.25) is 0 Å². The van der Waals surface area contributed by atoms with Gasteiger partial charge >= 0.3 is 0 Å². The van der Waals surface area contributed by atoms with Gasteiger partial charge in [-0.2, -0.15) is 0 Å². The fraction of sp³-hybridized carbons (Fsp3) is 0.737. The first-order valence-corrected chi connectivity index (χ1v) is 8.95. The summed E-state index contributed by atoms with van der Waals surface area (Å²) < 4.78 is 0. The number of rotatable bonds is 5. The molecule has 6 nitrogen and oxygen atoms in total. The Morgan fingerprint density at radius 1 is 1.36 bits per heavy atom. The molecule has 1 unspecified atom stereocenters. The average molecular weight is 349 g/mol. The molecular weight excluding hydrogens is 318 g/mol. The fourth-order valence-electron chi connectivity index (χ4n) is 3.60. The van der Waals surface area contributed by atoms with Gasteiger partial charge in [-0.1, -0.05) is 33.8 Å². The Bertz CT molecular complexity index is 595. The number of Topliss-reactive ketones (excluding diaryl/α,β-unsaturated/α-hetero) is 1. The lowest BCUT2D eigenvalue weighted by atomic mass is 9.86. The number of carbonyl (C=O) groups is 3. The Kier molecular flexibility index (Phi) is 5.15. The maximum Gasteiger partial charge on any atom is 0.243 e. The number of ketones is 1. The molecule has 1 heterocycles. The van der Waals surface area contributed by atoms with E-state index in [0.717, 1.165) is 0 Å². The lowest BCUT2D eigenvalue weighted by molar-refractivity contribution is -0.142. The zero-order chi connectivity index (χ0) is 19.2. The van der Waals surface area contributed by atoms with E-state index in [1.165, 1.54) is 6.92 Å². The summed E-state index contributed by atoms with van der Waals surface area (Å²) in [6, 6.07) is -1.24. The van der Waals surface area contributed by atoms with Gasteiger partial charge in [-0.25, -0.2) is 0 Å². The molecule has 140 valence electrons. The first-order chi connectivity index (χ1) is 11.4. The molecule has 0 aromatic rings. The molecule has 0 radical (unpaired) electrons. The molecule has 2 rings (SSSR count). The molecule has 5 atom stereocenters. The second-order valence-electron chi connectivity index (χ2n) is 8.75. The molecule has 6 heteroatoms. The van der Waals surface area contributed by atoms with Crippen molar-refractivity contribution >= 4 is 17.6 Å². The zero-order valence-corrected chi connectivity index (χ0v) is 16.0. The van der Waals surface area contributed by atoms with Gasteiger partial charge < -0.3 is 16.0 Å². The lowest BCUT2D eigenvalue weighted by Gasteiger charge is -2.33. The molecule has 2 aliphatic rings. The van der Waals surface area contributed by atoms with Crippen molar-refractivity contribution in [1.82, 2.24) is 10.2 Å². The molecule has 1 aliphatic heterocycles. The second kappa shape index (κ2) is 6.56. The van der Waals surface area contributed by atoms with Crippen molar-refractivity contribution in [3.8, 4) is 0 Å². The summed E-state index contributed by atoms with van der Waals surface area (Å²) in [7, 11) is 0. The number of amides is 2. The van der Waals surface area contributed by atoms with E-state index in [1.54, 1.807) is 11.0 Å². The van der Waals surface area contributed by atoms with Crippen LogP contribution in [0.4, 0.5) is 0 Å². The predicted octanol–water partition coefficient (Wildman–Crippen LogP) is 1.25. The summed E-state index contributed by atoms with van der Waals surface area (Å²) in [5.74, 6) is -0.354. The highest BCUT2D eigenvalue weighted by molar-refractivity contribution is 5.98. The normalized spacial score (nSPS) is 32.9. The van der Waals surface area contributed by atoms with Gasteiger partial charge in [-0.3, -0.25) is 14.4 Å². The van der Waals surface area contributed by atoms with E-state index in [1.807, 2.05) is 27.7 Å². The van der Waals surface area contributed by atoms with Crippen molar-refractivity contribution in [3.63, 3.8) is 0 Å². The largest absolute Gasteiger partial charge is 0.341 e. The summed E-state index contributed by atoms with van der Waals surface area (Å²) in [6.07, 6.45) is 2.87. The molecule has 3 N–H and O–H groups in total. The van der Waals surface area contributed by atoms with E-state index < -0.39 is 17.6 Å². The first-order valence-electron chi connectivity index (χ1n) is 8.95. The van der Waals surface area contributed by atoms with Crippen molar-refractivity contribution in [1.29, 1.82) is 0 Å². The van der Waals surface area contributed by atoms with Crippen molar-refractivity contribution in [2.24, 2.45) is 23.0 Å². The SMILES string of the molecule is C=CC1C[C@]1(NC(=O)[C@@H]1C[C@@H](C)CN1C(=O)[C@@H](N)C(C)(C)C)C(C)=O. The quantitative estimate of drug-likeness (QED) is 0.731. The minimum atomic E-state index is -0.842. The third-order valence-corrected chi connectivity index (χ3v) is 5.57. The number of hydrogen-bond donors (Lipinski definition) is 2. The average Bonchev–Trinajstić information content (AvgIpc) is 3.09. The van der Waals surface area contributed by atoms with E-state index in [9.17, 15) is 14.4 Å². The lowest BCUT2D eigenvalue weighted by Crippen LogP contribution is -2.57. The van der Waals surface area contributed by atoms with Gasteiger partial charge in [0.1, 0.15) is 11.6 Å². The Balaban J connectivity index is 2.16. The molecule has 0 aromatic carbocycles. The maximum atomic E-state index is 12.9. The van der Waals surface area contributed by atoms with Crippen LogP contribution in [0.1, 0.15) is 47.5 Å². The molecule has 25 heavy (non-hydrogen) atoms. The van der Waals surface area contributed by atoms with Crippen LogP contribution in [0, 0.1) is 17.3 Å². The molecular formula is C19H31N3O3. The van der Waals surface area contributed by atoms with E-state index in [0.29, 0.717) is 19.4 Å². The molecule has 1 aliphatic carbocycles. The Morgan fingerprint density at radius 2 is 1.96 bits per heavy atom. The van der Waals surface area contributed by atoms with Crippen LogP contribution < -0.4 is 11.1 Å². The number of hydrogen-bond acceptors (Lipinski definition) is 4. The highest BCUT2D eigenvalue weighted by Crippen LogP contribution is 2.45. The highest BCUT2D eigenvalue weighted by Gasteiger charge is 2.58. The van der Waals surface area contributed by atoms with Crippen LogP contribution in [0.25, 0.3) is 0 Å². The van der Waals surface area contributed by atoms with Gasteiger partial charge in [0.05, 0.1) is 6.04 Å². The number of carbonyl (C=O) groups excluding carboxylic acids is 3. The fourth-order valence-corrected chi connectivity index (χ4v) is 3.60. The van der Waals surface area contributed by atoms with Gasteiger partial charge in [-0.15, -0.1) is 6.58 Å². The topological polar surface area (TPSA) is 92.5 Å². The van der Waals surface area contributed by atoms with Gasteiger partial charge in [-0.05, 0) is 31.1 Å². The minimum absolute atomic E-state index is 0.0336. The van der Waals surface area contributed by atoms with Crippen LogP contribution in [0.5, 0.6) is 0 Å². The van der Waals surface area contributed by atoms with Crippen LogP contribution in [0.3, 0.4) is 0 Å². The van der Waals surface area contributed by atoms with Crippen LogP contribution >= 0.6 is 0 Å². The molecule has 2 fully saturated rings. The summed E-state index contributed by atoms with van der Waals surface area (Å²) >= 11 is 0. The summed E-state index contributed by atoms with van der Waals surface area (Å²) in [5, 5.41) is 2.90. The summed E-state index contributed by atoms with van der Waals surface area (Å²) in [5.41, 5.74) is 4.90. The number of nitrogens with zero attached hydrogens (tertiary/aromatic N) is 1. The molecule has 2 amide bonds. The van der Waals surface area contributed by atoms with Gasteiger partial charge in [0.2, 0.25) is 11.8 Å². The zero-order valence-electron chi connectivity index (χ0n) is 16.0. The first kappa shape index (κ1) is 19.6. The summed E-state index contributed by atoms with van der Waals surface area (Å²) in [6.45, 7) is 13.5. The van der Waals surface area contributed by atoms with Crippen molar-refractivity contribution in [2.75, 3.05) is 6.54 Å². The summed E-state index contributed by atoms with van der Waals surface area (Å²) in [4.78, 5) is 39.3. The van der Waals surface area contributed by atoms with Gasteiger partial charge in [0, 0.05) is 12.5 Å². The molecule has 0 aromatic heterocycles. The van der Waals surface area contributed by atoms with Crippen molar-refractivity contribution < 1.29 is 14.4 Å². The Hall–Kier alpha value is -1.69. The predicted molar refractivity (Wildman–Crippen MR) is 96.6 cm³/mol. The Labute approximate surface area is 150 Å². The van der Waals surface area contributed by atoms with Crippen LogP contribution in [-0.2, 0) is 14.4 Å². The van der Waals surface area contributed by atoms with Gasteiger partial charge in [0.25, 0.3) is 0 Å². The van der Waals surface area contributed by atoms with Crippen LogP contribution in [-0.4, -0.2) is 46.7 Å². The molecule has 0 bridgehead atoms. The number of nitrogens with two attached hydrogens (primary N) is 1. The molecule has 1 saturated heterocycles. The maximum absolute atomic E-state index is 12.9. The molecule has 0 spiro atoms. The second-order valence-corrected chi connectivity index (χ2v) is 8.75. The highest BCUT2D eigenvalue weighted by atomic mass is 16.2. The Morgan fingerprint density at radius 3 is 2.40 bits per heavy atom. The van der Waals surface area contributed by atoms with Crippen molar-refractivity contribution in [3.05, 3.63) is 12.7 Å². The van der Waals surface area contributed by atoms with E-state index >= 15 is 0 Å².